The van der Waals surface area contributed by atoms with E-state index in [0.717, 1.165) is 5.56 Å². The van der Waals surface area contributed by atoms with Gasteiger partial charge in [-0.2, -0.15) is 0 Å². The topological polar surface area (TPSA) is 93.7 Å². The summed E-state index contributed by atoms with van der Waals surface area (Å²) in [5, 5.41) is 5.42. The molecule has 0 spiro atoms. The van der Waals surface area contributed by atoms with Gasteiger partial charge in [-0.05, 0) is 49.2 Å². The molecule has 2 amide bonds. The lowest BCUT2D eigenvalue weighted by Gasteiger charge is -2.17. The summed E-state index contributed by atoms with van der Waals surface area (Å²) in [7, 11) is 0. The molecule has 0 atom stereocenters. The molecule has 2 N–H and O–H groups in total. The maximum absolute atomic E-state index is 12.2. The molecule has 0 fully saturated rings. The quantitative estimate of drug-likeness (QED) is 0.765. The monoisotopic (exact) mass is 368 g/mol. The Balaban J connectivity index is 1.58. The van der Waals surface area contributed by atoms with Crippen molar-refractivity contribution in [2.24, 2.45) is 0 Å². The number of esters is 1. The Kier molecular flexibility index (Phi) is 5.71. The molecule has 0 radical (unpaired) electrons. The summed E-state index contributed by atoms with van der Waals surface area (Å²) >= 11 is 0. The predicted octanol–water partition coefficient (Wildman–Crippen LogP) is 2.77. The Bertz CT molecular complexity index is 878. The fraction of sp³-hybridized carbons (Fsp3) is 0.250. The second kappa shape index (κ2) is 8.35. The molecular weight excluding hydrogens is 348 g/mol. The molecule has 0 saturated carbocycles. The number of aryl methyl sites for hydroxylation is 1. The molecule has 0 saturated heterocycles. The first kappa shape index (κ1) is 18.4. The average Bonchev–Trinajstić information content (AvgIpc) is 2.67. The van der Waals surface area contributed by atoms with Crippen molar-refractivity contribution in [2.45, 2.75) is 19.8 Å². The van der Waals surface area contributed by atoms with Gasteiger partial charge < -0.3 is 20.1 Å². The third kappa shape index (κ3) is 4.63. The summed E-state index contributed by atoms with van der Waals surface area (Å²) in [6, 6.07) is 11.9. The van der Waals surface area contributed by atoms with E-state index in [1.807, 2.05) is 6.92 Å². The van der Waals surface area contributed by atoms with Crippen LogP contribution in [0, 0.1) is 0 Å². The minimum atomic E-state index is -0.594. The molecule has 1 aliphatic heterocycles. The molecule has 0 unspecified atom stereocenters. The van der Waals surface area contributed by atoms with Gasteiger partial charge in [-0.1, -0.05) is 12.1 Å². The first-order valence-corrected chi connectivity index (χ1v) is 8.68. The maximum Gasteiger partial charge on any atom is 0.338 e. The van der Waals surface area contributed by atoms with Crippen molar-refractivity contribution in [2.75, 3.05) is 23.8 Å². The number of hydrogen-bond donors (Lipinski definition) is 2. The normalized spacial score (nSPS) is 12.6. The number of fused-ring (bicyclic) bond motifs is 1. The molecule has 140 valence electrons. The van der Waals surface area contributed by atoms with Gasteiger partial charge in [-0.15, -0.1) is 0 Å². The molecule has 2 aromatic rings. The molecule has 1 heterocycles. The van der Waals surface area contributed by atoms with E-state index in [2.05, 4.69) is 10.6 Å². The lowest BCUT2D eigenvalue weighted by atomic mass is 10.0. The summed E-state index contributed by atoms with van der Waals surface area (Å²) in [6.07, 6.45) is 0.949. The Morgan fingerprint density at radius 2 is 1.96 bits per heavy atom. The second-order valence-electron chi connectivity index (χ2n) is 5.97. The standard InChI is InChI=1S/C20H20N2O5/c1-2-26-17-6-4-3-5-16(17)22-19(24)12-27-20(25)14-7-9-15-13(11-14)8-10-18(23)21-15/h3-7,9,11H,2,8,10,12H2,1H3,(H,21,23)(H,22,24). The molecule has 3 rings (SSSR count). The first-order valence-electron chi connectivity index (χ1n) is 8.68. The molecule has 1 aliphatic rings. The summed E-state index contributed by atoms with van der Waals surface area (Å²) in [4.78, 5) is 35.7. The van der Waals surface area contributed by atoms with Gasteiger partial charge in [0, 0.05) is 12.1 Å². The SMILES string of the molecule is CCOc1ccccc1NC(=O)COC(=O)c1ccc2c(c1)CCC(=O)N2. The van der Waals surface area contributed by atoms with Crippen molar-refractivity contribution in [1.82, 2.24) is 0 Å². The van der Waals surface area contributed by atoms with E-state index in [0.29, 0.717) is 42.1 Å². The van der Waals surface area contributed by atoms with Crippen LogP contribution in [0.1, 0.15) is 29.3 Å². The highest BCUT2D eigenvalue weighted by Gasteiger charge is 2.18. The van der Waals surface area contributed by atoms with Crippen LogP contribution in [-0.4, -0.2) is 31.0 Å². The zero-order chi connectivity index (χ0) is 19.2. The smallest absolute Gasteiger partial charge is 0.338 e. The number of carbonyl (C=O) groups excluding carboxylic acids is 3. The van der Waals surface area contributed by atoms with E-state index in [-0.39, 0.29) is 5.91 Å². The summed E-state index contributed by atoms with van der Waals surface area (Å²) < 4.78 is 10.5. The number of hydrogen-bond acceptors (Lipinski definition) is 5. The lowest BCUT2D eigenvalue weighted by molar-refractivity contribution is -0.119. The van der Waals surface area contributed by atoms with Crippen molar-refractivity contribution < 1.29 is 23.9 Å². The van der Waals surface area contributed by atoms with Crippen LogP contribution in [-0.2, 0) is 20.7 Å². The largest absolute Gasteiger partial charge is 0.492 e. The highest BCUT2D eigenvalue weighted by atomic mass is 16.5. The molecule has 7 nitrogen and oxygen atoms in total. The van der Waals surface area contributed by atoms with Crippen molar-refractivity contribution in [3.05, 3.63) is 53.6 Å². The highest BCUT2D eigenvalue weighted by Crippen LogP contribution is 2.25. The number of nitrogens with one attached hydrogen (secondary N) is 2. The van der Waals surface area contributed by atoms with Crippen LogP contribution in [0.15, 0.2) is 42.5 Å². The van der Waals surface area contributed by atoms with E-state index in [4.69, 9.17) is 9.47 Å². The van der Waals surface area contributed by atoms with E-state index in [9.17, 15) is 14.4 Å². The Labute approximate surface area is 156 Å². The van der Waals surface area contributed by atoms with Gasteiger partial charge >= 0.3 is 5.97 Å². The van der Waals surface area contributed by atoms with Crippen LogP contribution >= 0.6 is 0 Å². The van der Waals surface area contributed by atoms with Gasteiger partial charge in [0.25, 0.3) is 5.91 Å². The van der Waals surface area contributed by atoms with Crippen LogP contribution in [0.2, 0.25) is 0 Å². The number of benzene rings is 2. The molecule has 0 aliphatic carbocycles. The van der Waals surface area contributed by atoms with Gasteiger partial charge in [0.2, 0.25) is 5.91 Å². The van der Waals surface area contributed by atoms with E-state index < -0.39 is 18.5 Å². The Morgan fingerprint density at radius 1 is 1.15 bits per heavy atom. The minimum Gasteiger partial charge on any atom is -0.492 e. The second-order valence-corrected chi connectivity index (χ2v) is 5.97. The average molecular weight is 368 g/mol. The van der Waals surface area contributed by atoms with Crippen molar-refractivity contribution >= 4 is 29.2 Å². The predicted molar refractivity (Wildman–Crippen MR) is 99.9 cm³/mol. The number of rotatable bonds is 6. The Morgan fingerprint density at radius 3 is 2.78 bits per heavy atom. The van der Waals surface area contributed by atoms with Crippen molar-refractivity contribution in [3.8, 4) is 5.75 Å². The van der Waals surface area contributed by atoms with Gasteiger partial charge in [-0.25, -0.2) is 4.79 Å². The summed E-state index contributed by atoms with van der Waals surface area (Å²) in [6.45, 7) is 1.91. The van der Waals surface area contributed by atoms with Crippen LogP contribution < -0.4 is 15.4 Å². The van der Waals surface area contributed by atoms with Crippen molar-refractivity contribution in [3.63, 3.8) is 0 Å². The fourth-order valence-corrected chi connectivity index (χ4v) is 2.76. The maximum atomic E-state index is 12.2. The van der Waals surface area contributed by atoms with Crippen LogP contribution in [0.25, 0.3) is 0 Å². The first-order chi connectivity index (χ1) is 13.1. The summed E-state index contributed by atoms with van der Waals surface area (Å²) in [5.41, 5.74) is 2.43. The third-order valence-electron chi connectivity index (χ3n) is 4.03. The zero-order valence-corrected chi connectivity index (χ0v) is 14.9. The minimum absolute atomic E-state index is 0.0400. The van der Waals surface area contributed by atoms with Gasteiger partial charge in [0.15, 0.2) is 6.61 Å². The third-order valence-corrected chi connectivity index (χ3v) is 4.03. The van der Waals surface area contributed by atoms with Crippen LogP contribution in [0.3, 0.4) is 0 Å². The van der Waals surface area contributed by atoms with Crippen molar-refractivity contribution in [1.29, 1.82) is 0 Å². The number of para-hydroxylation sites is 2. The zero-order valence-electron chi connectivity index (χ0n) is 14.9. The van der Waals surface area contributed by atoms with Crippen LogP contribution in [0.4, 0.5) is 11.4 Å². The molecule has 2 aromatic carbocycles. The number of ether oxygens (including phenoxy) is 2. The molecular formula is C20H20N2O5. The molecule has 0 bridgehead atoms. The number of amides is 2. The molecule has 27 heavy (non-hydrogen) atoms. The van der Waals surface area contributed by atoms with Gasteiger partial charge in [0.05, 0.1) is 17.9 Å². The highest BCUT2D eigenvalue weighted by molar-refractivity contribution is 5.98. The molecule has 0 aromatic heterocycles. The lowest BCUT2D eigenvalue weighted by Crippen LogP contribution is -2.22. The molecule has 7 heteroatoms. The van der Waals surface area contributed by atoms with E-state index in [1.54, 1.807) is 42.5 Å². The van der Waals surface area contributed by atoms with Crippen LogP contribution in [0.5, 0.6) is 5.75 Å². The summed E-state index contributed by atoms with van der Waals surface area (Å²) in [5.74, 6) is -0.540. The van der Waals surface area contributed by atoms with Gasteiger partial charge in [-0.3, -0.25) is 9.59 Å². The Hall–Kier alpha value is -3.35. The van der Waals surface area contributed by atoms with E-state index in [1.165, 1.54) is 0 Å². The van der Waals surface area contributed by atoms with E-state index >= 15 is 0 Å². The number of carbonyl (C=O) groups is 3. The number of anilines is 2. The van der Waals surface area contributed by atoms with Gasteiger partial charge in [0.1, 0.15) is 5.75 Å². The fourth-order valence-electron chi connectivity index (χ4n) is 2.76.